The predicted molar refractivity (Wildman–Crippen MR) is 62.9 cm³/mol. The molecule has 0 saturated carbocycles. The zero-order valence-corrected chi connectivity index (χ0v) is 9.63. The average molecular weight is 264 g/mol. The van der Waals surface area contributed by atoms with Crippen molar-refractivity contribution in [3.05, 3.63) is 63.9 Å². The Morgan fingerprint density at radius 1 is 1.42 bits per heavy atom. The van der Waals surface area contributed by atoms with Crippen LogP contribution in [0, 0.1) is 15.9 Å². The standard InChI is InChI=1S/C12H9FN2O4/c13-9-1-2-11(15(17)18)10(5-9)12(16)14-6-8-3-4-19-7-8/h1-5,7H,6H2,(H,14,16). The van der Waals surface area contributed by atoms with E-state index in [0.29, 0.717) is 5.56 Å². The highest BCUT2D eigenvalue weighted by Crippen LogP contribution is 2.19. The largest absolute Gasteiger partial charge is 0.472 e. The van der Waals surface area contributed by atoms with Gasteiger partial charge in [0, 0.05) is 18.2 Å². The molecule has 6 nitrogen and oxygen atoms in total. The van der Waals surface area contributed by atoms with Gasteiger partial charge in [0.25, 0.3) is 11.6 Å². The zero-order valence-electron chi connectivity index (χ0n) is 9.63. The highest BCUT2D eigenvalue weighted by molar-refractivity contribution is 5.98. The van der Waals surface area contributed by atoms with Crippen LogP contribution in [0.15, 0.2) is 41.2 Å². The maximum Gasteiger partial charge on any atom is 0.282 e. The lowest BCUT2D eigenvalue weighted by Gasteiger charge is -2.04. The number of amides is 1. The first-order valence-electron chi connectivity index (χ1n) is 5.31. The van der Waals surface area contributed by atoms with Gasteiger partial charge in [0.05, 0.1) is 17.4 Å². The van der Waals surface area contributed by atoms with Crippen molar-refractivity contribution >= 4 is 11.6 Å². The molecule has 2 aromatic rings. The molecule has 1 amide bonds. The molecule has 7 heteroatoms. The van der Waals surface area contributed by atoms with Crippen LogP contribution in [0.1, 0.15) is 15.9 Å². The topological polar surface area (TPSA) is 85.4 Å². The third-order valence-corrected chi connectivity index (χ3v) is 2.43. The molecule has 0 saturated heterocycles. The van der Waals surface area contributed by atoms with Crippen molar-refractivity contribution in [2.45, 2.75) is 6.54 Å². The first kappa shape index (κ1) is 12.7. The normalized spacial score (nSPS) is 10.2. The van der Waals surface area contributed by atoms with Crippen molar-refractivity contribution in [3.8, 4) is 0 Å². The van der Waals surface area contributed by atoms with E-state index in [1.807, 2.05) is 0 Å². The number of nitro benzene ring substituents is 1. The Balaban J connectivity index is 2.18. The number of benzene rings is 1. The summed E-state index contributed by atoms with van der Waals surface area (Å²) in [6, 6.07) is 4.37. The summed E-state index contributed by atoms with van der Waals surface area (Å²) >= 11 is 0. The van der Waals surface area contributed by atoms with E-state index >= 15 is 0 Å². The van der Waals surface area contributed by atoms with Crippen LogP contribution in [0.5, 0.6) is 0 Å². The van der Waals surface area contributed by atoms with E-state index < -0.39 is 22.3 Å². The van der Waals surface area contributed by atoms with Gasteiger partial charge < -0.3 is 9.73 Å². The second-order valence-corrected chi connectivity index (χ2v) is 3.73. The number of hydrogen-bond donors (Lipinski definition) is 1. The maximum absolute atomic E-state index is 13.1. The monoisotopic (exact) mass is 264 g/mol. The van der Waals surface area contributed by atoms with Crippen LogP contribution in [-0.4, -0.2) is 10.8 Å². The molecule has 0 aliphatic carbocycles. The average Bonchev–Trinajstić information content (AvgIpc) is 2.88. The quantitative estimate of drug-likeness (QED) is 0.678. The SMILES string of the molecule is O=C(NCc1ccoc1)c1cc(F)ccc1[N+](=O)[O-]. The van der Waals surface area contributed by atoms with Gasteiger partial charge in [0.1, 0.15) is 11.4 Å². The van der Waals surface area contributed by atoms with Crippen molar-refractivity contribution in [2.75, 3.05) is 0 Å². The van der Waals surface area contributed by atoms with Gasteiger partial charge in [0.2, 0.25) is 0 Å². The molecule has 0 spiro atoms. The fourth-order valence-corrected chi connectivity index (χ4v) is 1.52. The molecule has 1 aromatic carbocycles. The molecule has 0 aliphatic rings. The number of hydrogen-bond acceptors (Lipinski definition) is 4. The molecule has 0 aliphatic heterocycles. The third kappa shape index (κ3) is 2.95. The Morgan fingerprint density at radius 2 is 2.21 bits per heavy atom. The smallest absolute Gasteiger partial charge is 0.282 e. The van der Waals surface area contributed by atoms with Crippen LogP contribution in [0.2, 0.25) is 0 Å². The third-order valence-electron chi connectivity index (χ3n) is 2.43. The summed E-state index contributed by atoms with van der Waals surface area (Å²) in [7, 11) is 0. The summed E-state index contributed by atoms with van der Waals surface area (Å²) in [5, 5.41) is 13.2. The Bertz CT molecular complexity index is 610. The van der Waals surface area contributed by atoms with Crippen LogP contribution in [0.4, 0.5) is 10.1 Å². The minimum atomic E-state index is -0.730. The number of carbonyl (C=O) groups excluding carboxylic acids is 1. The summed E-state index contributed by atoms with van der Waals surface area (Å²) in [4.78, 5) is 21.8. The van der Waals surface area contributed by atoms with E-state index in [4.69, 9.17) is 4.42 Å². The van der Waals surface area contributed by atoms with E-state index in [9.17, 15) is 19.3 Å². The van der Waals surface area contributed by atoms with Gasteiger partial charge in [-0.25, -0.2) is 4.39 Å². The minimum absolute atomic E-state index is 0.142. The molecular formula is C12H9FN2O4. The van der Waals surface area contributed by atoms with Crippen molar-refractivity contribution < 1.29 is 18.5 Å². The molecule has 2 rings (SSSR count). The molecule has 0 unspecified atom stereocenters. The summed E-state index contributed by atoms with van der Waals surface area (Å²) in [5.74, 6) is -1.42. The molecule has 0 bridgehead atoms. The lowest BCUT2D eigenvalue weighted by molar-refractivity contribution is -0.385. The lowest BCUT2D eigenvalue weighted by Crippen LogP contribution is -2.23. The summed E-state index contributed by atoms with van der Waals surface area (Å²) in [6.07, 6.45) is 2.87. The number of halogens is 1. The molecule has 98 valence electrons. The minimum Gasteiger partial charge on any atom is -0.472 e. The van der Waals surface area contributed by atoms with Crippen molar-refractivity contribution in [1.82, 2.24) is 5.32 Å². The van der Waals surface area contributed by atoms with E-state index in [1.165, 1.54) is 12.5 Å². The molecule has 1 heterocycles. The molecule has 1 aromatic heterocycles. The molecule has 0 radical (unpaired) electrons. The van der Waals surface area contributed by atoms with Gasteiger partial charge in [-0.1, -0.05) is 0 Å². The lowest BCUT2D eigenvalue weighted by atomic mass is 10.1. The first-order valence-corrected chi connectivity index (χ1v) is 5.31. The Morgan fingerprint density at radius 3 is 2.84 bits per heavy atom. The molecule has 19 heavy (non-hydrogen) atoms. The van der Waals surface area contributed by atoms with E-state index in [0.717, 1.165) is 18.2 Å². The van der Waals surface area contributed by atoms with E-state index in [2.05, 4.69) is 5.32 Å². The van der Waals surface area contributed by atoms with Gasteiger partial charge in [-0.2, -0.15) is 0 Å². The number of nitro groups is 1. The van der Waals surface area contributed by atoms with E-state index in [-0.39, 0.29) is 12.1 Å². The van der Waals surface area contributed by atoms with Crippen molar-refractivity contribution in [1.29, 1.82) is 0 Å². The predicted octanol–water partition coefficient (Wildman–Crippen LogP) is 2.26. The highest BCUT2D eigenvalue weighted by atomic mass is 19.1. The molecule has 0 fully saturated rings. The fourth-order valence-electron chi connectivity index (χ4n) is 1.52. The van der Waals surface area contributed by atoms with Crippen molar-refractivity contribution in [2.24, 2.45) is 0 Å². The number of rotatable bonds is 4. The van der Waals surface area contributed by atoms with Gasteiger partial charge in [0.15, 0.2) is 0 Å². The van der Waals surface area contributed by atoms with Crippen LogP contribution in [0.25, 0.3) is 0 Å². The molecule has 1 N–H and O–H groups in total. The van der Waals surface area contributed by atoms with Gasteiger partial charge in [-0.05, 0) is 18.2 Å². The first-order chi connectivity index (χ1) is 9.08. The van der Waals surface area contributed by atoms with Crippen LogP contribution in [0.3, 0.4) is 0 Å². The number of furan rings is 1. The highest BCUT2D eigenvalue weighted by Gasteiger charge is 2.20. The maximum atomic E-state index is 13.1. The molecule has 0 atom stereocenters. The second-order valence-electron chi connectivity index (χ2n) is 3.73. The van der Waals surface area contributed by atoms with Gasteiger partial charge in [-0.15, -0.1) is 0 Å². The van der Waals surface area contributed by atoms with Gasteiger partial charge in [-0.3, -0.25) is 14.9 Å². The summed E-state index contributed by atoms with van der Waals surface area (Å²) < 4.78 is 17.9. The van der Waals surface area contributed by atoms with Gasteiger partial charge >= 0.3 is 0 Å². The Hall–Kier alpha value is -2.70. The van der Waals surface area contributed by atoms with Crippen LogP contribution in [-0.2, 0) is 6.54 Å². The van der Waals surface area contributed by atoms with E-state index in [1.54, 1.807) is 6.07 Å². The Labute approximate surface area is 107 Å². The van der Waals surface area contributed by atoms with Crippen LogP contribution < -0.4 is 5.32 Å². The van der Waals surface area contributed by atoms with Crippen LogP contribution >= 0.6 is 0 Å². The number of nitrogens with zero attached hydrogens (tertiary/aromatic N) is 1. The van der Waals surface area contributed by atoms with Crippen molar-refractivity contribution in [3.63, 3.8) is 0 Å². The fraction of sp³-hybridized carbons (Fsp3) is 0.0833. The number of nitrogens with one attached hydrogen (secondary N) is 1. The zero-order chi connectivity index (χ0) is 13.8. The summed E-state index contributed by atoms with van der Waals surface area (Å²) in [6.45, 7) is 0.142. The second kappa shape index (κ2) is 5.30. The Kier molecular flexibility index (Phi) is 3.56. The number of carbonyl (C=O) groups is 1. The summed E-state index contributed by atoms with van der Waals surface area (Å²) in [5.41, 5.74) is -0.0491. The molecular weight excluding hydrogens is 255 g/mol.